The van der Waals surface area contributed by atoms with Gasteiger partial charge in [0.2, 0.25) is 0 Å². The molecule has 28 heavy (non-hydrogen) atoms. The highest BCUT2D eigenvalue weighted by atomic mass is 32.1. The molecule has 1 N–H and O–H groups in total. The number of nitrogens with one attached hydrogen (secondary N) is 1. The van der Waals surface area contributed by atoms with Gasteiger partial charge in [-0.15, -0.1) is 11.3 Å². The van der Waals surface area contributed by atoms with Crippen molar-refractivity contribution in [3.05, 3.63) is 58.9 Å². The van der Waals surface area contributed by atoms with Crippen LogP contribution in [0.5, 0.6) is 0 Å². The molecule has 2 heterocycles. The molecule has 146 valence electrons. The molecule has 8 heteroatoms. The van der Waals surface area contributed by atoms with Crippen LogP contribution in [0.25, 0.3) is 10.6 Å². The van der Waals surface area contributed by atoms with Gasteiger partial charge >= 0.3 is 5.97 Å². The number of carbonyl (C=O) groups excluding carboxylic acids is 2. The predicted molar refractivity (Wildman–Crippen MR) is 107 cm³/mol. The predicted octanol–water partition coefficient (Wildman–Crippen LogP) is 3.14. The molecule has 1 aromatic carbocycles. The number of rotatable bonds is 7. The molecule has 0 radical (unpaired) electrons. The maximum Gasteiger partial charge on any atom is 0.358 e. The first-order valence-corrected chi connectivity index (χ1v) is 9.84. The topological polar surface area (TPSA) is 86.1 Å². The first-order valence-electron chi connectivity index (χ1n) is 8.96. The summed E-state index contributed by atoms with van der Waals surface area (Å²) >= 11 is 1.32. The average molecular weight is 398 g/mol. The molecule has 3 rings (SSSR count). The van der Waals surface area contributed by atoms with E-state index in [0.29, 0.717) is 5.01 Å². The Bertz CT molecular complexity index is 962. The molecule has 0 aliphatic carbocycles. The summed E-state index contributed by atoms with van der Waals surface area (Å²) in [5.74, 6) is -0.982. The number of amides is 1. The average Bonchev–Trinajstić information content (AvgIpc) is 3.35. The highest BCUT2D eigenvalue weighted by molar-refractivity contribution is 7.13. The van der Waals surface area contributed by atoms with Gasteiger partial charge in [-0.25, -0.2) is 9.78 Å². The van der Waals surface area contributed by atoms with Crippen LogP contribution in [0.2, 0.25) is 0 Å². The Labute approximate surface area is 167 Å². The third kappa shape index (κ3) is 4.83. The Kier molecular flexibility index (Phi) is 6.20. The number of aromatic nitrogens is 3. The molecule has 1 atom stereocenters. The van der Waals surface area contributed by atoms with Crippen LogP contribution in [-0.2, 0) is 23.0 Å². The van der Waals surface area contributed by atoms with Crippen LogP contribution in [-0.4, -0.2) is 33.2 Å². The first-order chi connectivity index (χ1) is 13.5. The maximum absolute atomic E-state index is 12.1. The van der Waals surface area contributed by atoms with Crippen molar-refractivity contribution in [1.29, 1.82) is 0 Å². The Morgan fingerprint density at radius 1 is 1.29 bits per heavy atom. The molecular weight excluding hydrogens is 376 g/mol. The quantitative estimate of drug-likeness (QED) is 0.618. The van der Waals surface area contributed by atoms with Crippen molar-refractivity contribution in [1.82, 2.24) is 20.1 Å². The number of nitrogens with zero attached hydrogens (tertiary/aromatic N) is 3. The standard InChI is InChI=1S/C20H22N4O3S/c1-4-14-5-7-15(8-6-14)13(2)22-18(25)11-27-20(26)17-12-28-19(23-17)16-9-21-24(3)10-16/h5-10,12-13H,4,11H2,1-3H3,(H,22,25). The number of aryl methyl sites for hydroxylation is 2. The van der Waals surface area contributed by atoms with E-state index in [9.17, 15) is 9.59 Å². The van der Waals surface area contributed by atoms with Gasteiger partial charge in [0.1, 0.15) is 5.01 Å². The molecule has 1 amide bonds. The van der Waals surface area contributed by atoms with E-state index in [2.05, 4.69) is 22.3 Å². The van der Waals surface area contributed by atoms with Crippen molar-refractivity contribution in [3.8, 4) is 10.6 Å². The molecule has 2 aromatic heterocycles. The highest BCUT2D eigenvalue weighted by Crippen LogP contribution is 2.23. The number of esters is 1. The third-order valence-corrected chi connectivity index (χ3v) is 5.16. The van der Waals surface area contributed by atoms with Gasteiger partial charge in [0.05, 0.1) is 12.2 Å². The van der Waals surface area contributed by atoms with Crippen molar-refractivity contribution in [2.75, 3.05) is 6.61 Å². The minimum absolute atomic E-state index is 0.173. The minimum Gasteiger partial charge on any atom is -0.451 e. The number of ether oxygens (including phenoxy) is 1. The monoisotopic (exact) mass is 398 g/mol. The van der Waals surface area contributed by atoms with E-state index in [4.69, 9.17) is 4.74 Å². The Hall–Kier alpha value is -3.00. The number of benzene rings is 1. The van der Waals surface area contributed by atoms with Crippen LogP contribution in [0, 0.1) is 0 Å². The summed E-state index contributed by atoms with van der Waals surface area (Å²) in [6.07, 6.45) is 4.46. The van der Waals surface area contributed by atoms with E-state index in [1.54, 1.807) is 16.3 Å². The lowest BCUT2D eigenvalue weighted by Crippen LogP contribution is -2.31. The van der Waals surface area contributed by atoms with Crippen LogP contribution >= 0.6 is 11.3 Å². The van der Waals surface area contributed by atoms with E-state index in [-0.39, 0.29) is 24.2 Å². The van der Waals surface area contributed by atoms with Crippen molar-refractivity contribution >= 4 is 23.2 Å². The normalized spacial score (nSPS) is 11.8. The minimum atomic E-state index is -0.624. The fourth-order valence-electron chi connectivity index (χ4n) is 2.65. The molecule has 0 aliphatic rings. The summed E-state index contributed by atoms with van der Waals surface area (Å²) in [5.41, 5.74) is 3.25. The van der Waals surface area contributed by atoms with E-state index in [0.717, 1.165) is 17.5 Å². The fraction of sp³-hybridized carbons (Fsp3) is 0.300. The molecule has 0 saturated heterocycles. The zero-order chi connectivity index (χ0) is 20.1. The summed E-state index contributed by atoms with van der Waals surface area (Å²) in [4.78, 5) is 28.5. The van der Waals surface area contributed by atoms with Gasteiger partial charge in [0.15, 0.2) is 12.3 Å². The van der Waals surface area contributed by atoms with Crippen LogP contribution in [0.1, 0.15) is 41.5 Å². The van der Waals surface area contributed by atoms with Crippen LogP contribution in [0.15, 0.2) is 42.0 Å². The maximum atomic E-state index is 12.1. The number of hydrogen-bond acceptors (Lipinski definition) is 6. The number of thiazole rings is 1. The summed E-state index contributed by atoms with van der Waals surface area (Å²) in [6.45, 7) is 3.63. The summed E-state index contributed by atoms with van der Waals surface area (Å²) in [6, 6.07) is 7.89. The van der Waals surface area contributed by atoms with Gasteiger partial charge in [-0.3, -0.25) is 9.48 Å². The zero-order valence-electron chi connectivity index (χ0n) is 16.0. The lowest BCUT2D eigenvalue weighted by atomic mass is 10.1. The molecule has 1 unspecified atom stereocenters. The smallest absolute Gasteiger partial charge is 0.358 e. The summed E-state index contributed by atoms with van der Waals surface area (Å²) in [5, 5.41) is 9.20. The molecule has 0 aliphatic heterocycles. The van der Waals surface area contributed by atoms with Gasteiger partial charge in [0, 0.05) is 24.2 Å². The molecule has 0 saturated carbocycles. The second kappa shape index (κ2) is 8.79. The van der Waals surface area contributed by atoms with E-state index in [1.807, 2.05) is 44.4 Å². The van der Waals surface area contributed by atoms with Crippen LogP contribution in [0.4, 0.5) is 0 Å². The Morgan fingerprint density at radius 3 is 2.68 bits per heavy atom. The van der Waals surface area contributed by atoms with Gasteiger partial charge in [-0.1, -0.05) is 31.2 Å². The van der Waals surface area contributed by atoms with Crippen molar-refractivity contribution in [2.24, 2.45) is 7.05 Å². The second-order valence-electron chi connectivity index (χ2n) is 6.40. The lowest BCUT2D eigenvalue weighted by Gasteiger charge is -2.14. The van der Waals surface area contributed by atoms with E-state index < -0.39 is 5.97 Å². The SMILES string of the molecule is CCc1ccc(C(C)NC(=O)COC(=O)c2csc(-c3cnn(C)c3)n2)cc1. The van der Waals surface area contributed by atoms with Gasteiger partial charge < -0.3 is 10.1 Å². The Morgan fingerprint density at radius 2 is 2.04 bits per heavy atom. The number of carbonyl (C=O) groups is 2. The van der Waals surface area contributed by atoms with Gasteiger partial charge in [-0.05, 0) is 24.5 Å². The largest absolute Gasteiger partial charge is 0.451 e. The van der Waals surface area contributed by atoms with Gasteiger partial charge in [-0.2, -0.15) is 5.10 Å². The molecule has 3 aromatic rings. The van der Waals surface area contributed by atoms with E-state index in [1.165, 1.54) is 16.9 Å². The van der Waals surface area contributed by atoms with Crippen molar-refractivity contribution in [3.63, 3.8) is 0 Å². The van der Waals surface area contributed by atoms with Gasteiger partial charge in [0.25, 0.3) is 5.91 Å². The zero-order valence-corrected chi connectivity index (χ0v) is 16.8. The Balaban J connectivity index is 1.51. The van der Waals surface area contributed by atoms with Crippen molar-refractivity contribution < 1.29 is 14.3 Å². The molecule has 0 bridgehead atoms. The fourth-order valence-corrected chi connectivity index (χ4v) is 3.41. The molecular formula is C20H22N4O3S. The van der Waals surface area contributed by atoms with Crippen molar-refractivity contribution in [2.45, 2.75) is 26.3 Å². The first kappa shape index (κ1) is 19.8. The molecule has 0 fully saturated rings. The second-order valence-corrected chi connectivity index (χ2v) is 7.26. The van der Waals surface area contributed by atoms with E-state index >= 15 is 0 Å². The lowest BCUT2D eigenvalue weighted by molar-refractivity contribution is -0.124. The summed E-state index contributed by atoms with van der Waals surface area (Å²) < 4.78 is 6.75. The molecule has 0 spiro atoms. The third-order valence-electron chi connectivity index (χ3n) is 4.26. The number of hydrogen-bond donors (Lipinski definition) is 1. The summed E-state index contributed by atoms with van der Waals surface area (Å²) in [7, 11) is 1.81. The molecule has 7 nitrogen and oxygen atoms in total. The van der Waals surface area contributed by atoms with Crippen LogP contribution < -0.4 is 5.32 Å². The highest BCUT2D eigenvalue weighted by Gasteiger charge is 2.16. The van der Waals surface area contributed by atoms with Crippen LogP contribution in [0.3, 0.4) is 0 Å².